The molecule has 3 aromatic rings. The molecular weight excluding hydrogens is 340 g/mol. The molecule has 3 rings (SSSR count). The number of anilines is 1. The van der Waals surface area contributed by atoms with Crippen molar-refractivity contribution in [1.29, 1.82) is 0 Å². The molecule has 1 atom stereocenters. The number of benzene rings is 2. The van der Waals surface area contributed by atoms with Gasteiger partial charge < -0.3 is 10.2 Å². The normalized spacial score (nSPS) is 11.5. The third kappa shape index (κ3) is 4.36. The predicted molar refractivity (Wildman–Crippen MR) is 103 cm³/mol. The highest BCUT2D eigenvalue weighted by atomic mass is 16.2. The number of carbonyl (C=O) groups is 2. The topological polar surface area (TPSA) is 75.2 Å². The lowest BCUT2D eigenvalue weighted by molar-refractivity contribution is 0.0736. The van der Waals surface area contributed by atoms with Gasteiger partial charge in [-0.2, -0.15) is 0 Å². The molecule has 0 aliphatic carbocycles. The Kier molecular flexibility index (Phi) is 5.56. The van der Waals surface area contributed by atoms with Gasteiger partial charge in [-0.3, -0.25) is 14.6 Å². The maximum absolute atomic E-state index is 12.6. The largest absolute Gasteiger partial charge is 0.334 e. The molecule has 0 radical (unpaired) electrons. The SMILES string of the molecule is CC(c1cccc(NC(=O)c2ccccc2)c1)N(C)C(=O)c1cnccn1. The zero-order valence-electron chi connectivity index (χ0n) is 15.2. The molecule has 27 heavy (non-hydrogen) atoms. The lowest BCUT2D eigenvalue weighted by Gasteiger charge is -2.25. The molecule has 6 heteroatoms. The minimum atomic E-state index is -0.214. The van der Waals surface area contributed by atoms with Crippen LogP contribution in [0.5, 0.6) is 0 Å². The number of nitrogens with one attached hydrogen (secondary N) is 1. The maximum Gasteiger partial charge on any atom is 0.274 e. The second-order valence-corrected chi connectivity index (χ2v) is 6.13. The lowest BCUT2D eigenvalue weighted by Crippen LogP contribution is -2.30. The van der Waals surface area contributed by atoms with E-state index < -0.39 is 0 Å². The first-order valence-electron chi connectivity index (χ1n) is 8.56. The Morgan fingerprint density at radius 1 is 1.04 bits per heavy atom. The minimum absolute atomic E-state index is 0.176. The monoisotopic (exact) mass is 360 g/mol. The fourth-order valence-corrected chi connectivity index (χ4v) is 2.66. The van der Waals surface area contributed by atoms with E-state index in [1.165, 1.54) is 18.6 Å². The average molecular weight is 360 g/mol. The van der Waals surface area contributed by atoms with E-state index in [4.69, 9.17) is 0 Å². The number of hydrogen-bond acceptors (Lipinski definition) is 4. The van der Waals surface area contributed by atoms with Gasteiger partial charge >= 0.3 is 0 Å². The highest BCUT2D eigenvalue weighted by Gasteiger charge is 2.20. The lowest BCUT2D eigenvalue weighted by atomic mass is 10.1. The third-order valence-electron chi connectivity index (χ3n) is 4.35. The van der Waals surface area contributed by atoms with E-state index in [0.29, 0.717) is 16.9 Å². The van der Waals surface area contributed by atoms with Gasteiger partial charge in [0.15, 0.2) is 0 Å². The van der Waals surface area contributed by atoms with Gasteiger partial charge in [-0.25, -0.2) is 4.98 Å². The molecule has 6 nitrogen and oxygen atoms in total. The van der Waals surface area contributed by atoms with Crippen LogP contribution in [0.1, 0.15) is 39.4 Å². The van der Waals surface area contributed by atoms with Crippen molar-refractivity contribution in [3.05, 3.63) is 90.0 Å². The van der Waals surface area contributed by atoms with E-state index in [2.05, 4.69) is 15.3 Å². The Bertz CT molecular complexity index is 929. The number of nitrogens with zero attached hydrogens (tertiary/aromatic N) is 3. The molecule has 0 spiro atoms. The quantitative estimate of drug-likeness (QED) is 0.755. The van der Waals surface area contributed by atoms with Gasteiger partial charge in [-0.15, -0.1) is 0 Å². The Hall–Kier alpha value is -3.54. The molecule has 2 amide bonds. The van der Waals surface area contributed by atoms with E-state index in [1.54, 1.807) is 24.1 Å². The van der Waals surface area contributed by atoms with Crippen molar-refractivity contribution in [1.82, 2.24) is 14.9 Å². The second kappa shape index (κ2) is 8.23. The summed E-state index contributed by atoms with van der Waals surface area (Å²) in [6.07, 6.45) is 4.46. The number of rotatable bonds is 5. The molecule has 2 aromatic carbocycles. The van der Waals surface area contributed by atoms with Crippen LogP contribution in [0, 0.1) is 0 Å². The highest BCUT2D eigenvalue weighted by molar-refractivity contribution is 6.04. The van der Waals surface area contributed by atoms with Crippen molar-refractivity contribution in [2.45, 2.75) is 13.0 Å². The number of amides is 2. The molecule has 1 N–H and O–H groups in total. The minimum Gasteiger partial charge on any atom is -0.334 e. The van der Waals surface area contributed by atoms with Gasteiger partial charge in [0.05, 0.1) is 12.2 Å². The number of aromatic nitrogens is 2. The molecule has 1 aromatic heterocycles. The summed E-state index contributed by atoms with van der Waals surface area (Å²) in [6, 6.07) is 16.3. The summed E-state index contributed by atoms with van der Waals surface area (Å²) in [5.41, 5.74) is 2.46. The average Bonchev–Trinajstić information content (AvgIpc) is 2.73. The van der Waals surface area contributed by atoms with Gasteiger partial charge in [-0.05, 0) is 36.8 Å². The first-order chi connectivity index (χ1) is 13.1. The van der Waals surface area contributed by atoms with E-state index >= 15 is 0 Å². The summed E-state index contributed by atoms with van der Waals surface area (Å²) in [5, 5.41) is 2.89. The number of carbonyl (C=O) groups excluding carboxylic acids is 2. The predicted octanol–water partition coefficient (Wildman–Crippen LogP) is 3.56. The van der Waals surface area contributed by atoms with Crippen LogP contribution in [-0.4, -0.2) is 33.7 Å². The fraction of sp³-hybridized carbons (Fsp3) is 0.143. The maximum atomic E-state index is 12.6. The molecule has 0 bridgehead atoms. The van der Waals surface area contributed by atoms with E-state index in [9.17, 15) is 9.59 Å². The third-order valence-corrected chi connectivity index (χ3v) is 4.35. The fourth-order valence-electron chi connectivity index (χ4n) is 2.66. The molecule has 1 heterocycles. The molecule has 136 valence electrons. The first kappa shape index (κ1) is 18.3. The molecule has 0 aliphatic rings. The van der Waals surface area contributed by atoms with Crippen molar-refractivity contribution < 1.29 is 9.59 Å². The highest BCUT2D eigenvalue weighted by Crippen LogP contribution is 2.23. The van der Waals surface area contributed by atoms with Gasteiger partial charge in [0.2, 0.25) is 0 Å². The van der Waals surface area contributed by atoms with Gasteiger partial charge in [0.25, 0.3) is 11.8 Å². The summed E-state index contributed by atoms with van der Waals surface area (Å²) in [7, 11) is 1.72. The van der Waals surface area contributed by atoms with Crippen LogP contribution in [0.3, 0.4) is 0 Å². The zero-order valence-corrected chi connectivity index (χ0v) is 15.2. The first-order valence-corrected chi connectivity index (χ1v) is 8.56. The molecule has 0 aliphatic heterocycles. The van der Waals surface area contributed by atoms with Crippen molar-refractivity contribution in [2.75, 3.05) is 12.4 Å². The van der Waals surface area contributed by atoms with Crippen LogP contribution >= 0.6 is 0 Å². The van der Waals surface area contributed by atoms with Crippen LogP contribution in [0.15, 0.2) is 73.2 Å². The van der Waals surface area contributed by atoms with E-state index in [0.717, 1.165) is 5.56 Å². The zero-order chi connectivity index (χ0) is 19.2. The summed E-state index contributed by atoms with van der Waals surface area (Å²) in [6.45, 7) is 1.92. The van der Waals surface area contributed by atoms with Gasteiger partial charge in [0, 0.05) is 30.7 Å². The van der Waals surface area contributed by atoms with Crippen molar-refractivity contribution in [2.24, 2.45) is 0 Å². The van der Waals surface area contributed by atoms with E-state index in [1.807, 2.05) is 49.4 Å². The summed E-state index contributed by atoms with van der Waals surface area (Å²) >= 11 is 0. The summed E-state index contributed by atoms with van der Waals surface area (Å²) in [5.74, 6) is -0.390. The summed E-state index contributed by atoms with van der Waals surface area (Å²) in [4.78, 5) is 34.5. The van der Waals surface area contributed by atoms with Crippen molar-refractivity contribution in [3.8, 4) is 0 Å². The van der Waals surface area contributed by atoms with Crippen LogP contribution < -0.4 is 5.32 Å². The Balaban J connectivity index is 1.74. The molecule has 0 saturated carbocycles. The Morgan fingerprint density at radius 2 is 1.81 bits per heavy atom. The summed E-state index contributed by atoms with van der Waals surface area (Å²) < 4.78 is 0. The Labute approximate surface area is 157 Å². The van der Waals surface area contributed by atoms with Gasteiger partial charge in [0.1, 0.15) is 5.69 Å². The molecule has 0 fully saturated rings. The van der Waals surface area contributed by atoms with Crippen molar-refractivity contribution >= 4 is 17.5 Å². The number of hydrogen-bond donors (Lipinski definition) is 1. The molecular formula is C21H20N4O2. The van der Waals surface area contributed by atoms with Crippen LogP contribution in [0.25, 0.3) is 0 Å². The van der Waals surface area contributed by atoms with Crippen molar-refractivity contribution in [3.63, 3.8) is 0 Å². The van der Waals surface area contributed by atoms with Crippen LogP contribution in [0.2, 0.25) is 0 Å². The molecule has 0 saturated heterocycles. The molecule has 1 unspecified atom stereocenters. The standard InChI is InChI=1S/C21H20N4O2/c1-15(25(2)21(27)19-14-22-11-12-23-19)17-9-6-10-18(13-17)24-20(26)16-7-4-3-5-8-16/h3-15H,1-2H3,(H,24,26). The van der Waals surface area contributed by atoms with Crippen LogP contribution in [-0.2, 0) is 0 Å². The smallest absolute Gasteiger partial charge is 0.274 e. The second-order valence-electron chi connectivity index (χ2n) is 6.13. The Morgan fingerprint density at radius 3 is 2.52 bits per heavy atom. The van der Waals surface area contributed by atoms with E-state index in [-0.39, 0.29) is 17.9 Å². The van der Waals surface area contributed by atoms with Crippen LogP contribution in [0.4, 0.5) is 5.69 Å². The van der Waals surface area contributed by atoms with Gasteiger partial charge in [-0.1, -0.05) is 30.3 Å².